The van der Waals surface area contributed by atoms with Crippen molar-refractivity contribution in [2.75, 3.05) is 34.3 Å². The van der Waals surface area contributed by atoms with Gasteiger partial charge in [0.05, 0.1) is 34.3 Å². The third-order valence-electron chi connectivity index (χ3n) is 4.64. The van der Waals surface area contributed by atoms with Gasteiger partial charge in [-0.3, -0.25) is 4.52 Å². The van der Waals surface area contributed by atoms with Crippen LogP contribution in [0.5, 0.6) is 0 Å². The van der Waals surface area contributed by atoms with Crippen LogP contribution in [-0.4, -0.2) is 48.6 Å². The maximum absolute atomic E-state index is 9.70. The molecule has 0 aromatic rings. The Balaban J connectivity index is 0. The van der Waals surface area contributed by atoms with Gasteiger partial charge >= 0.3 is 7.82 Å². The van der Waals surface area contributed by atoms with E-state index in [1.165, 1.54) is 103 Å². The van der Waals surface area contributed by atoms with Crippen molar-refractivity contribution in [1.29, 1.82) is 0 Å². The van der Waals surface area contributed by atoms with Crippen LogP contribution in [0.15, 0.2) is 12.2 Å². The van der Waals surface area contributed by atoms with Gasteiger partial charge in [0.1, 0.15) is 0 Å². The van der Waals surface area contributed by atoms with Gasteiger partial charge in [-0.2, -0.15) is 0 Å². The topological polar surface area (TPSA) is 66.8 Å². The van der Waals surface area contributed by atoms with Gasteiger partial charge in [0.15, 0.2) is 0 Å². The summed E-state index contributed by atoms with van der Waals surface area (Å²) in [5.74, 6) is 0. The minimum Gasteiger partial charge on any atom is -0.331 e. The SMILES string of the molecule is CCCCCCCC/C=C/CCCCCCCC[N+](C)(C)C.CCOP(=O)(O)O. The lowest BCUT2D eigenvalue weighted by molar-refractivity contribution is -0.870. The van der Waals surface area contributed by atoms with Crippen molar-refractivity contribution in [3.8, 4) is 0 Å². The number of phosphoric ester groups is 1. The van der Waals surface area contributed by atoms with Crippen molar-refractivity contribution in [2.24, 2.45) is 0 Å². The molecule has 0 rings (SSSR count). The number of rotatable bonds is 18. The minimum atomic E-state index is -4.17. The van der Waals surface area contributed by atoms with Gasteiger partial charge in [-0.1, -0.05) is 70.4 Å². The molecule has 0 aliphatic carbocycles. The number of hydrogen-bond acceptors (Lipinski definition) is 2. The molecule has 0 atom stereocenters. The van der Waals surface area contributed by atoms with Gasteiger partial charge in [-0.15, -0.1) is 0 Å². The zero-order valence-electron chi connectivity index (χ0n) is 20.1. The lowest BCUT2D eigenvalue weighted by atomic mass is 10.1. The van der Waals surface area contributed by atoms with E-state index in [4.69, 9.17) is 9.79 Å². The molecule has 0 amide bonds. The highest BCUT2D eigenvalue weighted by molar-refractivity contribution is 7.46. The predicted octanol–water partition coefficient (Wildman–Crippen LogP) is 6.85. The van der Waals surface area contributed by atoms with Crippen LogP contribution in [0.2, 0.25) is 0 Å². The summed E-state index contributed by atoms with van der Waals surface area (Å²) in [6.07, 6.45) is 24.4. The summed E-state index contributed by atoms with van der Waals surface area (Å²) < 4.78 is 14.7. The van der Waals surface area contributed by atoms with Gasteiger partial charge < -0.3 is 14.3 Å². The molecule has 0 aliphatic heterocycles. The zero-order chi connectivity index (χ0) is 22.4. The van der Waals surface area contributed by atoms with Crippen LogP contribution in [-0.2, 0) is 9.09 Å². The Morgan fingerprint density at radius 3 is 1.48 bits per heavy atom. The van der Waals surface area contributed by atoms with Crippen LogP contribution in [0.1, 0.15) is 104 Å². The number of nitrogens with zero attached hydrogens (tertiary/aromatic N) is 1. The van der Waals surface area contributed by atoms with E-state index in [9.17, 15) is 4.57 Å². The van der Waals surface area contributed by atoms with Gasteiger partial charge in [0, 0.05) is 0 Å². The standard InChI is InChI=1S/C21H44N.C2H7O4P/c1-5-6-7-8-9-10-11-12-13-14-15-16-17-18-19-20-21-22(2,3)4;1-2-6-7(3,4)5/h12-13H,5-11,14-21H2,1-4H3;2H2,1H3,(H2,3,4,5)/q+1;/b13-12+;. The van der Waals surface area contributed by atoms with Crippen LogP contribution in [0.4, 0.5) is 0 Å². The number of hydrogen-bond donors (Lipinski definition) is 2. The third kappa shape index (κ3) is 35.6. The molecule has 29 heavy (non-hydrogen) atoms. The number of phosphoric acid groups is 1. The Kier molecular flexibility index (Phi) is 22.5. The fourth-order valence-electron chi connectivity index (χ4n) is 3.00. The Morgan fingerprint density at radius 2 is 1.14 bits per heavy atom. The Hall–Kier alpha value is -0.190. The van der Waals surface area contributed by atoms with Crippen molar-refractivity contribution in [3.05, 3.63) is 12.2 Å². The minimum absolute atomic E-state index is 0.0459. The van der Waals surface area contributed by atoms with Crippen LogP contribution < -0.4 is 0 Å². The van der Waals surface area contributed by atoms with E-state index < -0.39 is 7.82 Å². The lowest BCUT2D eigenvalue weighted by Crippen LogP contribution is -2.35. The highest BCUT2D eigenvalue weighted by atomic mass is 31.2. The molecule has 0 aliphatic rings. The molecule has 0 saturated heterocycles. The maximum Gasteiger partial charge on any atom is 0.469 e. The zero-order valence-corrected chi connectivity index (χ0v) is 21.0. The maximum atomic E-state index is 9.70. The fourth-order valence-corrected chi connectivity index (χ4v) is 3.34. The summed E-state index contributed by atoms with van der Waals surface area (Å²) in [7, 11) is 2.70. The Morgan fingerprint density at radius 1 is 0.724 bits per heavy atom. The second kappa shape index (κ2) is 21.1. The van der Waals surface area contributed by atoms with E-state index in [1.807, 2.05) is 0 Å². The average Bonchev–Trinajstić information content (AvgIpc) is 2.60. The molecule has 0 heterocycles. The molecule has 176 valence electrons. The van der Waals surface area contributed by atoms with Crippen molar-refractivity contribution in [1.82, 2.24) is 0 Å². The van der Waals surface area contributed by atoms with E-state index in [0.29, 0.717) is 0 Å². The van der Waals surface area contributed by atoms with Crippen molar-refractivity contribution >= 4 is 7.82 Å². The quantitative estimate of drug-likeness (QED) is 0.107. The normalized spacial score (nSPS) is 12.2. The molecular weight excluding hydrogens is 385 g/mol. The summed E-state index contributed by atoms with van der Waals surface area (Å²) in [5.41, 5.74) is 0. The first-order chi connectivity index (χ1) is 13.6. The van der Waals surface area contributed by atoms with Crippen LogP contribution in [0, 0.1) is 0 Å². The molecule has 2 N–H and O–H groups in total. The van der Waals surface area contributed by atoms with E-state index in [0.717, 1.165) is 4.48 Å². The number of quaternary nitrogens is 1. The molecular formula is C23H51NO4P+. The molecule has 6 heteroatoms. The molecule has 0 saturated carbocycles. The van der Waals surface area contributed by atoms with Crippen molar-refractivity contribution in [2.45, 2.75) is 104 Å². The average molecular weight is 437 g/mol. The summed E-state index contributed by atoms with van der Waals surface area (Å²) in [6, 6.07) is 0. The number of unbranched alkanes of at least 4 members (excludes halogenated alkanes) is 12. The molecule has 5 nitrogen and oxygen atoms in total. The Bertz CT molecular complexity index is 402. The molecule has 0 radical (unpaired) electrons. The molecule has 0 unspecified atom stereocenters. The second-order valence-electron chi connectivity index (χ2n) is 8.86. The van der Waals surface area contributed by atoms with Gasteiger partial charge in [-0.05, 0) is 45.4 Å². The molecule has 0 bridgehead atoms. The molecule has 0 fully saturated rings. The predicted molar refractivity (Wildman–Crippen MR) is 126 cm³/mol. The highest BCUT2D eigenvalue weighted by Gasteiger charge is 2.10. The van der Waals surface area contributed by atoms with E-state index in [1.54, 1.807) is 0 Å². The second-order valence-corrected chi connectivity index (χ2v) is 10.1. The highest BCUT2D eigenvalue weighted by Crippen LogP contribution is 2.34. The van der Waals surface area contributed by atoms with Gasteiger partial charge in [0.2, 0.25) is 0 Å². The first-order valence-corrected chi connectivity index (χ1v) is 13.3. The van der Waals surface area contributed by atoms with E-state index in [-0.39, 0.29) is 6.61 Å². The largest absolute Gasteiger partial charge is 0.469 e. The summed E-state index contributed by atoms with van der Waals surface area (Å²) in [4.78, 5) is 15.8. The monoisotopic (exact) mass is 436 g/mol. The summed E-state index contributed by atoms with van der Waals surface area (Å²) >= 11 is 0. The van der Waals surface area contributed by atoms with Crippen LogP contribution in [0.3, 0.4) is 0 Å². The van der Waals surface area contributed by atoms with Crippen molar-refractivity contribution in [3.63, 3.8) is 0 Å². The smallest absolute Gasteiger partial charge is 0.331 e. The van der Waals surface area contributed by atoms with Crippen molar-refractivity contribution < 1.29 is 23.4 Å². The summed E-state index contributed by atoms with van der Waals surface area (Å²) in [5, 5.41) is 0. The number of allylic oxidation sites excluding steroid dienone is 2. The first-order valence-electron chi connectivity index (χ1n) is 11.8. The summed E-state index contributed by atoms with van der Waals surface area (Å²) in [6.45, 7) is 5.17. The Labute approximate surface area is 181 Å². The van der Waals surface area contributed by atoms with Crippen LogP contribution >= 0.6 is 7.82 Å². The van der Waals surface area contributed by atoms with Crippen LogP contribution in [0.25, 0.3) is 0 Å². The van der Waals surface area contributed by atoms with E-state index >= 15 is 0 Å². The lowest BCUT2D eigenvalue weighted by Gasteiger charge is -2.23. The van der Waals surface area contributed by atoms with E-state index in [2.05, 4.69) is 44.7 Å². The molecule has 0 aromatic carbocycles. The van der Waals surface area contributed by atoms with Gasteiger partial charge in [-0.25, -0.2) is 4.57 Å². The molecule has 0 aromatic heterocycles. The molecule has 0 spiro atoms. The third-order valence-corrected chi connectivity index (χ3v) is 5.23. The first kappa shape index (κ1) is 31.0. The van der Waals surface area contributed by atoms with Gasteiger partial charge in [0.25, 0.3) is 0 Å². The fraction of sp³-hybridized carbons (Fsp3) is 0.913.